The molecule has 0 saturated carbocycles. The Kier molecular flexibility index (Phi) is 3.54. The lowest BCUT2D eigenvalue weighted by atomic mass is 10.1. The summed E-state index contributed by atoms with van der Waals surface area (Å²) in [6, 6.07) is 9.04. The molecule has 0 aliphatic rings. The van der Waals surface area contributed by atoms with Crippen LogP contribution in [0.5, 0.6) is 0 Å². The first kappa shape index (κ1) is 12.7. The van der Waals surface area contributed by atoms with Crippen LogP contribution in [0.1, 0.15) is 5.56 Å². The highest BCUT2D eigenvalue weighted by Gasteiger charge is 2.13. The fourth-order valence-corrected chi connectivity index (χ4v) is 2.12. The summed E-state index contributed by atoms with van der Waals surface area (Å²) in [6.45, 7) is 0. The maximum Gasteiger partial charge on any atom is 0.315 e. The molecule has 0 bridgehead atoms. The van der Waals surface area contributed by atoms with Gasteiger partial charge in [0.05, 0.1) is 17.3 Å². The maximum atomic E-state index is 11.1. The molecule has 1 heterocycles. The van der Waals surface area contributed by atoms with Gasteiger partial charge in [-0.2, -0.15) is 5.26 Å². The van der Waals surface area contributed by atoms with Gasteiger partial charge in [0.1, 0.15) is 0 Å². The maximum absolute atomic E-state index is 11.1. The molecule has 0 saturated heterocycles. The van der Waals surface area contributed by atoms with E-state index < -0.39 is 11.8 Å². The van der Waals surface area contributed by atoms with Crippen LogP contribution in [0.4, 0.5) is 5.13 Å². The molecule has 0 atom stereocenters. The first-order valence-electron chi connectivity index (χ1n) is 5.17. The number of carbonyl (C=O) groups excluding carboxylic acids is 2. The van der Waals surface area contributed by atoms with E-state index in [1.54, 1.807) is 29.6 Å². The van der Waals surface area contributed by atoms with Crippen LogP contribution in [-0.4, -0.2) is 16.8 Å². The zero-order valence-corrected chi connectivity index (χ0v) is 10.4. The van der Waals surface area contributed by atoms with Crippen LogP contribution in [0.3, 0.4) is 0 Å². The number of nitrogens with zero attached hydrogens (tertiary/aromatic N) is 2. The van der Waals surface area contributed by atoms with Crippen molar-refractivity contribution < 1.29 is 9.59 Å². The zero-order valence-electron chi connectivity index (χ0n) is 9.58. The largest absolute Gasteiger partial charge is 0.361 e. The molecule has 6 nitrogen and oxygen atoms in total. The lowest BCUT2D eigenvalue weighted by Gasteiger charge is -1.99. The first-order chi connectivity index (χ1) is 9.11. The van der Waals surface area contributed by atoms with E-state index in [9.17, 15) is 9.59 Å². The Morgan fingerprint density at radius 1 is 1.37 bits per heavy atom. The third-order valence-corrected chi connectivity index (χ3v) is 3.03. The van der Waals surface area contributed by atoms with E-state index in [4.69, 9.17) is 11.0 Å². The number of nitrogens with one attached hydrogen (secondary N) is 1. The lowest BCUT2D eigenvalue weighted by molar-refractivity contribution is -0.134. The highest BCUT2D eigenvalue weighted by Crippen LogP contribution is 2.27. The highest BCUT2D eigenvalue weighted by atomic mass is 32.1. The highest BCUT2D eigenvalue weighted by molar-refractivity contribution is 7.14. The molecule has 0 aliphatic heterocycles. The number of amides is 2. The number of thiazole rings is 1. The molecule has 94 valence electrons. The molecule has 2 aromatic rings. The summed E-state index contributed by atoms with van der Waals surface area (Å²) in [4.78, 5) is 25.9. The van der Waals surface area contributed by atoms with E-state index in [1.807, 2.05) is 0 Å². The summed E-state index contributed by atoms with van der Waals surface area (Å²) >= 11 is 1.15. The topological polar surface area (TPSA) is 109 Å². The number of rotatable bonds is 2. The van der Waals surface area contributed by atoms with E-state index >= 15 is 0 Å². The molecule has 0 radical (unpaired) electrons. The Morgan fingerprint density at radius 3 is 2.79 bits per heavy atom. The molecule has 0 fully saturated rings. The van der Waals surface area contributed by atoms with Crippen molar-refractivity contribution in [2.24, 2.45) is 5.73 Å². The monoisotopic (exact) mass is 272 g/mol. The van der Waals surface area contributed by atoms with Crippen molar-refractivity contribution in [1.29, 1.82) is 5.26 Å². The van der Waals surface area contributed by atoms with Crippen LogP contribution in [0.15, 0.2) is 29.6 Å². The van der Waals surface area contributed by atoms with Crippen molar-refractivity contribution in [2.75, 3.05) is 5.32 Å². The molecule has 0 spiro atoms. The summed E-state index contributed by atoms with van der Waals surface area (Å²) in [6.07, 6.45) is 0. The van der Waals surface area contributed by atoms with Crippen LogP contribution in [0.2, 0.25) is 0 Å². The standard InChI is InChI=1S/C12H8N4O2S/c13-5-7-3-1-2-4-8(7)9-6-19-12(15-9)16-11(18)10(14)17/h1-4,6H,(H2,14,17)(H,15,16,18). The van der Waals surface area contributed by atoms with Gasteiger partial charge >= 0.3 is 11.8 Å². The zero-order chi connectivity index (χ0) is 13.8. The third kappa shape index (κ3) is 2.75. The quantitative estimate of drug-likeness (QED) is 0.798. The number of nitrogens with two attached hydrogens (primary N) is 1. The summed E-state index contributed by atoms with van der Waals surface area (Å²) in [7, 11) is 0. The van der Waals surface area contributed by atoms with E-state index in [2.05, 4.69) is 16.4 Å². The average molecular weight is 272 g/mol. The molecule has 2 rings (SSSR count). The van der Waals surface area contributed by atoms with Gasteiger partial charge in [0.2, 0.25) is 0 Å². The lowest BCUT2D eigenvalue weighted by Crippen LogP contribution is -2.29. The van der Waals surface area contributed by atoms with Crippen LogP contribution >= 0.6 is 11.3 Å². The van der Waals surface area contributed by atoms with E-state index in [1.165, 1.54) is 0 Å². The van der Waals surface area contributed by atoms with Gasteiger partial charge in [0, 0.05) is 10.9 Å². The van der Waals surface area contributed by atoms with Gasteiger partial charge in [0.25, 0.3) is 0 Å². The van der Waals surface area contributed by atoms with E-state index in [0.717, 1.165) is 11.3 Å². The summed E-state index contributed by atoms with van der Waals surface area (Å²) in [5, 5.41) is 13.2. The van der Waals surface area contributed by atoms with Crippen LogP contribution < -0.4 is 11.1 Å². The number of hydrogen-bond donors (Lipinski definition) is 2. The number of primary amides is 1. The third-order valence-electron chi connectivity index (χ3n) is 2.27. The van der Waals surface area contributed by atoms with Crippen LogP contribution in [0.25, 0.3) is 11.3 Å². The van der Waals surface area contributed by atoms with Gasteiger partial charge in [0.15, 0.2) is 5.13 Å². The van der Waals surface area contributed by atoms with Gasteiger partial charge in [-0.1, -0.05) is 18.2 Å². The number of aromatic nitrogens is 1. The number of nitriles is 1. The van der Waals surface area contributed by atoms with Crippen molar-refractivity contribution in [1.82, 2.24) is 4.98 Å². The SMILES string of the molecule is N#Cc1ccccc1-c1csc(NC(=O)C(N)=O)n1. The number of carbonyl (C=O) groups is 2. The second kappa shape index (κ2) is 5.29. The Labute approximate surface area is 112 Å². The van der Waals surface area contributed by atoms with Crippen molar-refractivity contribution in [3.63, 3.8) is 0 Å². The Balaban J connectivity index is 2.29. The first-order valence-corrected chi connectivity index (χ1v) is 6.05. The smallest absolute Gasteiger partial charge is 0.315 e. The normalized spacial score (nSPS) is 9.63. The molecular formula is C12H8N4O2S. The Bertz CT molecular complexity index is 687. The molecule has 1 aromatic heterocycles. The molecule has 7 heteroatoms. The van der Waals surface area contributed by atoms with Crippen molar-refractivity contribution >= 4 is 28.3 Å². The molecule has 19 heavy (non-hydrogen) atoms. The van der Waals surface area contributed by atoms with Gasteiger partial charge < -0.3 is 5.73 Å². The minimum absolute atomic E-state index is 0.256. The van der Waals surface area contributed by atoms with Crippen molar-refractivity contribution in [3.8, 4) is 17.3 Å². The van der Waals surface area contributed by atoms with Gasteiger partial charge in [-0.05, 0) is 6.07 Å². The Hall–Kier alpha value is -2.72. The van der Waals surface area contributed by atoms with E-state index in [0.29, 0.717) is 16.8 Å². The van der Waals surface area contributed by atoms with Gasteiger partial charge in [-0.3, -0.25) is 14.9 Å². The average Bonchev–Trinajstić information content (AvgIpc) is 2.86. The Morgan fingerprint density at radius 2 is 2.11 bits per heavy atom. The summed E-state index contributed by atoms with van der Waals surface area (Å²) < 4.78 is 0. The fraction of sp³-hybridized carbons (Fsp3) is 0. The second-order valence-electron chi connectivity index (χ2n) is 3.51. The van der Waals surface area contributed by atoms with Gasteiger partial charge in [-0.25, -0.2) is 4.98 Å². The van der Waals surface area contributed by atoms with Gasteiger partial charge in [-0.15, -0.1) is 11.3 Å². The predicted molar refractivity (Wildman–Crippen MR) is 70.1 cm³/mol. The predicted octanol–water partition coefficient (Wildman–Crippen LogP) is 1.11. The van der Waals surface area contributed by atoms with Crippen LogP contribution in [-0.2, 0) is 9.59 Å². The molecule has 2 amide bonds. The van der Waals surface area contributed by atoms with E-state index in [-0.39, 0.29) is 5.13 Å². The minimum atomic E-state index is -1.07. The molecule has 0 unspecified atom stereocenters. The summed E-state index contributed by atoms with van der Waals surface area (Å²) in [5.41, 5.74) is 6.54. The molecule has 3 N–H and O–H groups in total. The molecule has 1 aromatic carbocycles. The molecule has 0 aliphatic carbocycles. The van der Waals surface area contributed by atoms with Crippen LogP contribution in [0, 0.1) is 11.3 Å². The number of benzene rings is 1. The molecular weight excluding hydrogens is 264 g/mol. The fourth-order valence-electron chi connectivity index (χ4n) is 1.42. The van der Waals surface area contributed by atoms with Crippen molar-refractivity contribution in [3.05, 3.63) is 35.2 Å². The minimum Gasteiger partial charge on any atom is -0.361 e. The number of hydrogen-bond acceptors (Lipinski definition) is 5. The number of anilines is 1. The summed E-state index contributed by atoms with van der Waals surface area (Å²) in [5.74, 6) is -2.00. The van der Waals surface area contributed by atoms with Crippen molar-refractivity contribution in [2.45, 2.75) is 0 Å². The second-order valence-corrected chi connectivity index (χ2v) is 4.37.